The zero-order valence-electron chi connectivity index (χ0n) is 8.70. The molecular formula is C11H15BrO3. The Labute approximate surface area is 97.5 Å². The molecule has 0 aliphatic carbocycles. The van der Waals surface area contributed by atoms with E-state index in [9.17, 15) is 5.11 Å². The molecule has 15 heavy (non-hydrogen) atoms. The molecule has 2 rings (SSSR count). The van der Waals surface area contributed by atoms with Gasteiger partial charge in [0.15, 0.2) is 0 Å². The predicted molar refractivity (Wildman–Crippen MR) is 59.6 cm³/mol. The minimum absolute atomic E-state index is 0.515. The van der Waals surface area contributed by atoms with E-state index in [1.54, 1.807) is 12.3 Å². The molecule has 1 fully saturated rings. The summed E-state index contributed by atoms with van der Waals surface area (Å²) in [6.45, 7) is 2.65. The lowest BCUT2D eigenvalue weighted by molar-refractivity contribution is -0.144. The van der Waals surface area contributed by atoms with Crippen molar-refractivity contribution in [3.8, 4) is 0 Å². The summed E-state index contributed by atoms with van der Waals surface area (Å²) in [5.74, 6) is 0.555. The third-order valence-corrected chi connectivity index (χ3v) is 3.63. The number of halogens is 1. The van der Waals surface area contributed by atoms with Gasteiger partial charge in [0.05, 0.1) is 16.3 Å². The lowest BCUT2D eigenvalue weighted by Crippen LogP contribution is -2.39. The highest BCUT2D eigenvalue weighted by Crippen LogP contribution is 2.39. The van der Waals surface area contributed by atoms with Gasteiger partial charge in [-0.15, -0.1) is 0 Å². The van der Waals surface area contributed by atoms with Gasteiger partial charge in [-0.3, -0.25) is 0 Å². The van der Waals surface area contributed by atoms with Crippen molar-refractivity contribution >= 4 is 15.9 Å². The van der Waals surface area contributed by atoms with E-state index in [2.05, 4.69) is 15.9 Å². The lowest BCUT2D eigenvalue weighted by atomic mass is 9.89. The molecule has 0 spiro atoms. The van der Waals surface area contributed by atoms with E-state index in [1.165, 1.54) is 0 Å². The number of aliphatic hydroxyl groups excluding tert-OH is 1. The molecule has 3 nitrogen and oxygen atoms in total. The van der Waals surface area contributed by atoms with Crippen LogP contribution < -0.4 is 0 Å². The molecule has 2 unspecified atom stereocenters. The average molecular weight is 275 g/mol. The first kappa shape index (κ1) is 11.2. The second-order valence-electron chi connectivity index (χ2n) is 4.15. The Hall–Kier alpha value is -0.320. The van der Waals surface area contributed by atoms with Gasteiger partial charge in [-0.1, -0.05) is 0 Å². The second kappa shape index (κ2) is 4.28. The van der Waals surface area contributed by atoms with Gasteiger partial charge in [0.1, 0.15) is 11.9 Å². The van der Waals surface area contributed by atoms with E-state index < -0.39 is 11.7 Å². The van der Waals surface area contributed by atoms with E-state index in [4.69, 9.17) is 9.15 Å². The minimum atomic E-state index is -0.706. The van der Waals surface area contributed by atoms with Gasteiger partial charge < -0.3 is 14.3 Å². The summed E-state index contributed by atoms with van der Waals surface area (Å²) in [7, 11) is 0. The topological polar surface area (TPSA) is 42.6 Å². The van der Waals surface area contributed by atoms with E-state index in [0.29, 0.717) is 12.4 Å². The third kappa shape index (κ3) is 2.12. The van der Waals surface area contributed by atoms with Gasteiger partial charge in [0.2, 0.25) is 0 Å². The minimum Gasteiger partial charge on any atom is -0.465 e. The van der Waals surface area contributed by atoms with Crippen molar-refractivity contribution in [3.63, 3.8) is 0 Å². The summed E-state index contributed by atoms with van der Waals surface area (Å²) < 4.78 is 11.7. The third-order valence-electron chi connectivity index (χ3n) is 2.97. The van der Waals surface area contributed by atoms with Crippen molar-refractivity contribution in [1.29, 1.82) is 0 Å². The average Bonchev–Trinajstić information content (AvgIpc) is 2.64. The Bertz CT molecular complexity index is 328. The monoisotopic (exact) mass is 274 g/mol. The van der Waals surface area contributed by atoms with E-state index in [1.807, 2.05) is 6.92 Å². The van der Waals surface area contributed by atoms with E-state index in [-0.39, 0.29) is 0 Å². The van der Waals surface area contributed by atoms with Crippen molar-refractivity contribution in [2.75, 3.05) is 6.61 Å². The predicted octanol–water partition coefficient (Wildman–Crippen LogP) is 3.03. The SMILES string of the molecule is CC1(C(O)c2occc2Br)CCCCO1. The zero-order valence-corrected chi connectivity index (χ0v) is 10.3. The molecule has 1 N–H and O–H groups in total. The Morgan fingerprint density at radius 2 is 2.33 bits per heavy atom. The highest BCUT2D eigenvalue weighted by Gasteiger charge is 2.39. The van der Waals surface area contributed by atoms with Crippen LogP contribution in [0.3, 0.4) is 0 Å². The van der Waals surface area contributed by atoms with Crippen molar-refractivity contribution in [2.24, 2.45) is 0 Å². The van der Waals surface area contributed by atoms with Crippen LogP contribution >= 0.6 is 15.9 Å². The molecule has 0 aromatic carbocycles. The number of hydrogen-bond acceptors (Lipinski definition) is 3. The summed E-state index contributed by atoms with van der Waals surface area (Å²) in [6.07, 6.45) is 3.88. The van der Waals surface area contributed by atoms with Gasteiger partial charge in [-0.2, -0.15) is 0 Å². The van der Waals surface area contributed by atoms with E-state index >= 15 is 0 Å². The maximum Gasteiger partial charge on any atom is 0.149 e. The number of rotatable bonds is 2. The Morgan fingerprint density at radius 3 is 2.87 bits per heavy atom. The highest BCUT2D eigenvalue weighted by molar-refractivity contribution is 9.10. The van der Waals surface area contributed by atoms with Crippen LogP contribution in [0.2, 0.25) is 0 Å². The molecule has 0 amide bonds. The second-order valence-corrected chi connectivity index (χ2v) is 5.01. The molecule has 0 radical (unpaired) electrons. The normalized spacial score (nSPS) is 29.0. The molecule has 2 heterocycles. The Balaban J connectivity index is 2.19. The number of furan rings is 1. The molecule has 1 aromatic heterocycles. The van der Waals surface area contributed by atoms with Crippen molar-refractivity contribution in [2.45, 2.75) is 37.9 Å². The Kier molecular flexibility index (Phi) is 3.19. The van der Waals surface area contributed by atoms with Crippen LogP contribution in [-0.2, 0) is 4.74 Å². The lowest BCUT2D eigenvalue weighted by Gasteiger charge is -2.37. The van der Waals surface area contributed by atoms with Crippen LogP contribution in [0.25, 0.3) is 0 Å². The number of aliphatic hydroxyl groups is 1. The van der Waals surface area contributed by atoms with Gasteiger partial charge in [0.25, 0.3) is 0 Å². The van der Waals surface area contributed by atoms with Crippen LogP contribution in [0.1, 0.15) is 38.1 Å². The maximum absolute atomic E-state index is 10.2. The standard InChI is InChI=1S/C11H15BrO3/c1-11(5-2-3-6-15-11)10(13)9-8(12)4-7-14-9/h4,7,10,13H,2-3,5-6H2,1H3. The zero-order chi connectivity index (χ0) is 10.9. The molecule has 0 saturated carbocycles. The van der Waals surface area contributed by atoms with Crippen LogP contribution in [-0.4, -0.2) is 17.3 Å². The highest BCUT2D eigenvalue weighted by atomic mass is 79.9. The number of ether oxygens (including phenoxy) is 1. The first-order valence-electron chi connectivity index (χ1n) is 5.18. The molecule has 1 aromatic rings. The summed E-state index contributed by atoms with van der Waals surface area (Å²) in [6, 6.07) is 1.78. The summed E-state index contributed by atoms with van der Waals surface area (Å²) >= 11 is 3.35. The smallest absolute Gasteiger partial charge is 0.149 e. The molecule has 1 saturated heterocycles. The largest absolute Gasteiger partial charge is 0.465 e. The van der Waals surface area contributed by atoms with Gasteiger partial charge in [0, 0.05) is 6.61 Å². The van der Waals surface area contributed by atoms with E-state index in [0.717, 1.165) is 23.7 Å². The van der Waals surface area contributed by atoms with Crippen molar-refractivity contribution in [1.82, 2.24) is 0 Å². The first-order valence-corrected chi connectivity index (χ1v) is 5.98. The summed E-state index contributed by atoms with van der Waals surface area (Å²) in [5.41, 5.74) is -0.515. The Morgan fingerprint density at radius 1 is 1.53 bits per heavy atom. The van der Waals surface area contributed by atoms with Gasteiger partial charge in [-0.25, -0.2) is 0 Å². The quantitative estimate of drug-likeness (QED) is 0.902. The molecule has 2 atom stereocenters. The van der Waals surface area contributed by atoms with Crippen molar-refractivity contribution < 1.29 is 14.3 Å². The molecule has 0 bridgehead atoms. The van der Waals surface area contributed by atoms with Crippen LogP contribution in [0.5, 0.6) is 0 Å². The van der Waals surface area contributed by atoms with Crippen LogP contribution in [0, 0.1) is 0 Å². The van der Waals surface area contributed by atoms with Gasteiger partial charge in [-0.05, 0) is 48.2 Å². The fourth-order valence-electron chi connectivity index (χ4n) is 1.95. The molecular weight excluding hydrogens is 260 g/mol. The van der Waals surface area contributed by atoms with Crippen LogP contribution in [0.15, 0.2) is 21.2 Å². The molecule has 1 aliphatic rings. The first-order chi connectivity index (χ1) is 7.13. The van der Waals surface area contributed by atoms with Gasteiger partial charge >= 0.3 is 0 Å². The summed E-state index contributed by atoms with van der Waals surface area (Å²) in [5, 5.41) is 10.2. The molecule has 1 aliphatic heterocycles. The van der Waals surface area contributed by atoms with Crippen molar-refractivity contribution in [3.05, 3.63) is 22.6 Å². The number of hydrogen-bond donors (Lipinski definition) is 1. The molecule has 4 heteroatoms. The summed E-state index contributed by atoms with van der Waals surface area (Å²) in [4.78, 5) is 0. The molecule has 84 valence electrons. The maximum atomic E-state index is 10.2. The fourth-order valence-corrected chi connectivity index (χ4v) is 2.37. The fraction of sp³-hybridized carbons (Fsp3) is 0.636. The van der Waals surface area contributed by atoms with Crippen LogP contribution in [0.4, 0.5) is 0 Å².